The lowest BCUT2D eigenvalue weighted by Crippen LogP contribution is -2.61. The minimum absolute atomic E-state index is 0.231. The fourth-order valence-corrected chi connectivity index (χ4v) is 3.10. The molecular weight excluding hydrogens is 180 g/mol. The lowest BCUT2D eigenvalue weighted by molar-refractivity contribution is -0.240. The minimum Gasteiger partial charge on any atom is -0.346 e. The molecule has 3 rings (SSSR count). The molecular formula is C10H18N2O2. The minimum atomic E-state index is -0.325. The molecule has 1 atom stereocenters. The first-order valence-electron chi connectivity index (χ1n) is 5.56. The molecule has 0 bridgehead atoms. The van der Waals surface area contributed by atoms with Gasteiger partial charge in [0.25, 0.3) is 0 Å². The molecule has 0 amide bonds. The van der Waals surface area contributed by atoms with Crippen molar-refractivity contribution in [1.29, 1.82) is 0 Å². The highest BCUT2D eigenvalue weighted by molar-refractivity contribution is 5.04. The molecule has 0 aromatic heterocycles. The summed E-state index contributed by atoms with van der Waals surface area (Å²) in [6, 6.07) is 0. The summed E-state index contributed by atoms with van der Waals surface area (Å²) in [5.74, 6) is -0.325. The van der Waals surface area contributed by atoms with Crippen LogP contribution in [0.4, 0.5) is 0 Å². The summed E-state index contributed by atoms with van der Waals surface area (Å²) in [4.78, 5) is 0. The highest BCUT2D eigenvalue weighted by Gasteiger charge is 2.57. The van der Waals surface area contributed by atoms with Gasteiger partial charge < -0.3 is 20.1 Å². The smallest absolute Gasteiger partial charge is 0.187 e. The van der Waals surface area contributed by atoms with Gasteiger partial charge in [0.1, 0.15) is 0 Å². The van der Waals surface area contributed by atoms with E-state index in [1.807, 2.05) is 0 Å². The van der Waals surface area contributed by atoms with Crippen molar-refractivity contribution >= 4 is 0 Å². The van der Waals surface area contributed by atoms with Crippen LogP contribution in [0.5, 0.6) is 0 Å². The lowest BCUT2D eigenvalue weighted by Gasteiger charge is -2.47. The summed E-state index contributed by atoms with van der Waals surface area (Å²) >= 11 is 0. The fourth-order valence-electron chi connectivity index (χ4n) is 3.10. The molecule has 4 heteroatoms. The topological polar surface area (TPSA) is 42.5 Å². The van der Waals surface area contributed by atoms with Gasteiger partial charge in [-0.1, -0.05) is 0 Å². The Labute approximate surface area is 84.3 Å². The summed E-state index contributed by atoms with van der Waals surface area (Å²) in [5, 5.41) is 6.84. The van der Waals surface area contributed by atoms with Gasteiger partial charge in [0, 0.05) is 12.0 Å². The fraction of sp³-hybridized carbons (Fsp3) is 1.00. The van der Waals surface area contributed by atoms with Gasteiger partial charge in [0.05, 0.1) is 19.8 Å². The number of hydrogen-bond acceptors (Lipinski definition) is 4. The van der Waals surface area contributed by atoms with Crippen LogP contribution in [0.25, 0.3) is 0 Å². The Morgan fingerprint density at radius 3 is 2.14 bits per heavy atom. The molecule has 3 aliphatic heterocycles. The maximum absolute atomic E-state index is 5.89. The van der Waals surface area contributed by atoms with Crippen molar-refractivity contribution in [3.05, 3.63) is 0 Å². The van der Waals surface area contributed by atoms with E-state index in [0.29, 0.717) is 0 Å². The first kappa shape index (κ1) is 9.09. The van der Waals surface area contributed by atoms with Crippen LogP contribution in [0.1, 0.15) is 12.8 Å². The van der Waals surface area contributed by atoms with Gasteiger partial charge in [0.2, 0.25) is 0 Å². The summed E-state index contributed by atoms with van der Waals surface area (Å²) < 4.78 is 11.8. The molecule has 2 N–H and O–H groups in total. The summed E-state index contributed by atoms with van der Waals surface area (Å²) in [6.07, 6.45) is 2.36. The lowest BCUT2D eigenvalue weighted by atomic mass is 9.73. The Balaban J connectivity index is 1.91. The molecule has 14 heavy (non-hydrogen) atoms. The van der Waals surface area contributed by atoms with Crippen LogP contribution in [0.3, 0.4) is 0 Å². The van der Waals surface area contributed by atoms with E-state index < -0.39 is 0 Å². The molecule has 2 spiro atoms. The largest absolute Gasteiger partial charge is 0.346 e. The van der Waals surface area contributed by atoms with Gasteiger partial charge in [-0.3, -0.25) is 0 Å². The third-order valence-corrected chi connectivity index (χ3v) is 3.94. The van der Waals surface area contributed by atoms with Crippen molar-refractivity contribution in [2.75, 3.05) is 39.4 Å². The Kier molecular flexibility index (Phi) is 2.06. The maximum Gasteiger partial charge on any atom is 0.187 e. The van der Waals surface area contributed by atoms with E-state index >= 15 is 0 Å². The molecule has 0 radical (unpaired) electrons. The van der Waals surface area contributed by atoms with Crippen LogP contribution in [0, 0.1) is 5.41 Å². The number of piperidine rings is 1. The summed E-state index contributed by atoms with van der Waals surface area (Å²) in [6.45, 7) is 5.61. The van der Waals surface area contributed by atoms with Crippen molar-refractivity contribution in [3.8, 4) is 0 Å². The normalized spacial score (nSPS) is 41.1. The molecule has 0 aromatic rings. The zero-order valence-electron chi connectivity index (χ0n) is 8.47. The second-order valence-electron chi connectivity index (χ2n) is 4.58. The van der Waals surface area contributed by atoms with Crippen molar-refractivity contribution in [1.82, 2.24) is 10.6 Å². The highest BCUT2D eigenvalue weighted by atomic mass is 16.7. The first-order chi connectivity index (χ1) is 6.87. The van der Waals surface area contributed by atoms with Crippen molar-refractivity contribution in [3.63, 3.8) is 0 Å². The molecule has 1 unspecified atom stereocenters. The van der Waals surface area contributed by atoms with Crippen molar-refractivity contribution < 1.29 is 9.47 Å². The number of nitrogens with one attached hydrogen (secondary N) is 2. The second kappa shape index (κ2) is 3.17. The Hall–Kier alpha value is -0.160. The molecule has 0 aliphatic carbocycles. The van der Waals surface area contributed by atoms with Gasteiger partial charge in [0.15, 0.2) is 5.79 Å². The molecule has 0 saturated carbocycles. The average molecular weight is 198 g/mol. The number of ether oxygens (including phenoxy) is 2. The highest BCUT2D eigenvalue weighted by Crippen LogP contribution is 2.47. The molecule has 3 aliphatic rings. The molecule has 3 fully saturated rings. The Morgan fingerprint density at radius 1 is 0.857 bits per heavy atom. The molecule has 4 nitrogen and oxygen atoms in total. The van der Waals surface area contributed by atoms with Crippen LogP contribution in [-0.4, -0.2) is 45.2 Å². The van der Waals surface area contributed by atoms with E-state index in [0.717, 1.165) is 39.4 Å². The maximum atomic E-state index is 5.89. The summed E-state index contributed by atoms with van der Waals surface area (Å²) in [7, 11) is 0. The van der Waals surface area contributed by atoms with Crippen LogP contribution < -0.4 is 10.6 Å². The van der Waals surface area contributed by atoms with E-state index in [2.05, 4.69) is 10.6 Å². The second-order valence-corrected chi connectivity index (χ2v) is 4.58. The van der Waals surface area contributed by atoms with Gasteiger partial charge >= 0.3 is 0 Å². The van der Waals surface area contributed by atoms with Crippen LogP contribution in [-0.2, 0) is 9.47 Å². The zero-order chi connectivity index (χ0) is 9.49. The van der Waals surface area contributed by atoms with E-state index in [1.54, 1.807) is 0 Å². The monoisotopic (exact) mass is 198 g/mol. The van der Waals surface area contributed by atoms with Gasteiger partial charge in [-0.2, -0.15) is 0 Å². The van der Waals surface area contributed by atoms with Gasteiger partial charge in [-0.05, 0) is 25.9 Å². The number of hydrogen-bond donors (Lipinski definition) is 2. The molecule has 3 saturated heterocycles. The van der Waals surface area contributed by atoms with Crippen LogP contribution in [0.2, 0.25) is 0 Å². The number of fused-ring (bicyclic) bond motifs is 1. The van der Waals surface area contributed by atoms with E-state index in [4.69, 9.17) is 9.47 Å². The predicted octanol–water partition coefficient (Wildman–Crippen LogP) is -0.297. The van der Waals surface area contributed by atoms with Gasteiger partial charge in [-0.15, -0.1) is 0 Å². The predicted molar refractivity (Wildman–Crippen MR) is 52.0 cm³/mol. The molecule has 3 heterocycles. The number of rotatable bonds is 0. The first-order valence-corrected chi connectivity index (χ1v) is 5.56. The summed E-state index contributed by atoms with van der Waals surface area (Å²) in [5.41, 5.74) is 0.231. The average Bonchev–Trinajstić information content (AvgIpc) is 2.81. The Morgan fingerprint density at radius 2 is 1.50 bits per heavy atom. The standard InChI is InChI=1S/C10H18N2O2/c1-3-11-7-9(1)2-4-12-8-10(9)13-5-6-14-10/h11-12H,1-8H2. The Bertz CT molecular complexity index is 196. The third-order valence-electron chi connectivity index (χ3n) is 3.94. The van der Waals surface area contributed by atoms with Crippen molar-refractivity contribution in [2.45, 2.75) is 18.6 Å². The van der Waals surface area contributed by atoms with E-state index in [-0.39, 0.29) is 11.2 Å². The van der Waals surface area contributed by atoms with E-state index in [9.17, 15) is 0 Å². The molecule has 0 aromatic carbocycles. The zero-order valence-corrected chi connectivity index (χ0v) is 8.47. The quantitative estimate of drug-likeness (QED) is 0.561. The van der Waals surface area contributed by atoms with Crippen LogP contribution >= 0.6 is 0 Å². The van der Waals surface area contributed by atoms with Gasteiger partial charge in [-0.25, -0.2) is 0 Å². The molecule has 80 valence electrons. The van der Waals surface area contributed by atoms with Crippen LogP contribution in [0.15, 0.2) is 0 Å². The van der Waals surface area contributed by atoms with E-state index in [1.165, 1.54) is 12.8 Å². The third kappa shape index (κ3) is 1.08. The SMILES string of the molecule is C1CC2(CCNCC23OCCO3)CN1. The van der Waals surface area contributed by atoms with Crippen molar-refractivity contribution in [2.24, 2.45) is 5.41 Å².